The van der Waals surface area contributed by atoms with Crippen molar-refractivity contribution in [2.45, 2.75) is 71.0 Å². The Morgan fingerprint density at radius 2 is 1.50 bits per heavy atom. The first kappa shape index (κ1) is 34.7. The number of nitrogens with zero attached hydrogens (tertiary/aromatic N) is 2. The maximum atomic E-state index is 14.6. The first-order valence-corrected chi connectivity index (χ1v) is 17.3. The summed E-state index contributed by atoms with van der Waals surface area (Å²) >= 11 is 6.25. The highest BCUT2D eigenvalue weighted by atomic mass is 35.5. The number of carbonyl (C=O) groups excluding carboxylic acids is 2. The lowest BCUT2D eigenvalue weighted by molar-refractivity contribution is -0.140. The van der Waals surface area contributed by atoms with Gasteiger partial charge < -0.3 is 10.2 Å². The van der Waals surface area contributed by atoms with E-state index < -0.39 is 28.5 Å². The van der Waals surface area contributed by atoms with Gasteiger partial charge in [-0.1, -0.05) is 96.4 Å². The van der Waals surface area contributed by atoms with Crippen LogP contribution in [0.15, 0.2) is 102 Å². The molecule has 2 atom stereocenters. The van der Waals surface area contributed by atoms with Crippen molar-refractivity contribution in [3.63, 3.8) is 0 Å². The molecule has 0 spiro atoms. The average molecular weight is 660 g/mol. The average Bonchev–Trinajstić information content (AvgIpc) is 3.02. The number of halogens is 1. The molecule has 0 aliphatic heterocycles. The van der Waals surface area contributed by atoms with Gasteiger partial charge in [0.05, 0.1) is 10.6 Å². The number of nitrogens with one attached hydrogen (secondary N) is 1. The minimum Gasteiger partial charge on any atom is -0.352 e. The molecule has 4 rings (SSSR count). The van der Waals surface area contributed by atoms with Gasteiger partial charge in [-0.3, -0.25) is 13.9 Å². The Balaban J connectivity index is 1.83. The van der Waals surface area contributed by atoms with Crippen LogP contribution >= 0.6 is 11.6 Å². The second kappa shape index (κ2) is 15.4. The molecule has 0 unspecified atom stereocenters. The van der Waals surface area contributed by atoms with Crippen molar-refractivity contribution in [3.8, 4) is 0 Å². The molecular formula is C37H42ClN3O4S. The lowest BCUT2D eigenvalue weighted by Gasteiger charge is -2.34. The molecule has 46 heavy (non-hydrogen) atoms. The van der Waals surface area contributed by atoms with Crippen molar-refractivity contribution in [3.05, 3.63) is 130 Å². The molecule has 242 valence electrons. The van der Waals surface area contributed by atoms with Gasteiger partial charge in [0.25, 0.3) is 10.0 Å². The summed E-state index contributed by atoms with van der Waals surface area (Å²) in [5.41, 5.74) is 4.55. The smallest absolute Gasteiger partial charge is 0.264 e. The number of carbonyl (C=O) groups is 2. The number of aryl methyl sites for hydroxylation is 3. The molecule has 0 bridgehead atoms. The highest BCUT2D eigenvalue weighted by molar-refractivity contribution is 7.92. The highest BCUT2D eigenvalue weighted by Crippen LogP contribution is 2.30. The van der Waals surface area contributed by atoms with Gasteiger partial charge in [0.2, 0.25) is 11.8 Å². The van der Waals surface area contributed by atoms with Crippen molar-refractivity contribution in [2.24, 2.45) is 0 Å². The molecule has 0 radical (unpaired) electrons. The van der Waals surface area contributed by atoms with Crippen LogP contribution in [0.3, 0.4) is 0 Å². The SMILES string of the molecule is CC[C@@H](C)NC(=O)[C@@H](Cc1ccccc1)N(Cc1cccc(C)c1)C(=O)CN(c1ccc(Cl)cc1C)S(=O)(=O)c1ccc(C)cc1. The van der Waals surface area contributed by atoms with Gasteiger partial charge in [0, 0.05) is 24.0 Å². The van der Waals surface area contributed by atoms with Gasteiger partial charge >= 0.3 is 0 Å². The molecule has 0 heterocycles. The Hall–Kier alpha value is -4.14. The summed E-state index contributed by atoms with van der Waals surface area (Å²) in [6.07, 6.45) is 0.972. The van der Waals surface area contributed by atoms with E-state index in [-0.39, 0.29) is 29.8 Å². The largest absolute Gasteiger partial charge is 0.352 e. The van der Waals surface area contributed by atoms with Gasteiger partial charge in [-0.05, 0) is 81.1 Å². The Morgan fingerprint density at radius 3 is 2.13 bits per heavy atom. The first-order valence-electron chi connectivity index (χ1n) is 15.4. The zero-order valence-corrected chi connectivity index (χ0v) is 28.6. The number of hydrogen-bond donors (Lipinski definition) is 1. The normalized spacial score (nSPS) is 12.7. The Labute approximate surface area is 278 Å². The van der Waals surface area contributed by atoms with E-state index in [1.165, 1.54) is 17.0 Å². The van der Waals surface area contributed by atoms with Crippen LogP contribution in [0, 0.1) is 20.8 Å². The summed E-state index contributed by atoms with van der Waals surface area (Å²) in [6.45, 7) is 9.09. The first-order chi connectivity index (χ1) is 21.9. The number of amides is 2. The second-order valence-electron chi connectivity index (χ2n) is 11.8. The van der Waals surface area contributed by atoms with E-state index >= 15 is 0 Å². The molecule has 0 fully saturated rings. The maximum Gasteiger partial charge on any atom is 0.264 e. The van der Waals surface area contributed by atoms with Gasteiger partial charge in [0.15, 0.2) is 0 Å². The van der Waals surface area contributed by atoms with Crippen LogP contribution in [0.5, 0.6) is 0 Å². The summed E-state index contributed by atoms with van der Waals surface area (Å²) in [5.74, 6) is -0.804. The molecule has 2 amide bonds. The maximum absolute atomic E-state index is 14.6. The van der Waals surface area contributed by atoms with Crippen LogP contribution in [0.2, 0.25) is 5.02 Å². The Bertz CT molecular complexity index is 1760. The molecule has 0 aliphatic rings. The van der Waals surface area contributed by atoms with E-state index in [2.05, 4.69) is 5.32 Å². The number of rotatable bonds is 13. The highest BCUT2D eigenvalue weighted by Gasteiger charge is 2.35. The molecule has 0 saturated carbocycles. The fraction of sp³-hybridized carbons (Fsp3) is 0.297. The Kier molecular flexibility index (Phi) is 11.7. The molecule has 1 N–H and O–H groups in total. The monoisotopic (exact) mass is 659 g/mol. The number of hydrogen-bond acceptors (Lipinski definition) is 4. The van der Waals surface area contributed by atoms with E-state index in [1.54, 1.807) is 37.3 Å². The van der Waals surface area contributed by atoms with Crippen molar-refractivity contribution in [1.29, 1.82) is 0 Å². The topological polar surface area (TPSA) is 86.8 Å². The van der Waals surface area contributed by atoms with Gasteiger partial charge in [-0.25, -0.2) is 8.42 Å². The van der Waals surface area contributed by atoms with Crippen molar-refractivity contribution < 1.29 is 18.0 Å². The summed E-state index contributed by atoms with van der Waals surface area (Å²) in [4.78, 5) is 30.2. The minimum atomic E-state index is -4.20. The number of anilines is 1. The summed E-state index contributed by atoms with van der Waals surface area (Å²) < 4.78 is 29.7. The lowest BCUT2D eigenvalue weighted by atomic mass is 10.0. The van der Waals surface area contributed by atoms with Crippen LogP contribution in [0.25, 0.3) is 0 Å². The van der Waals surface area contributed by atoms with Crippen LogP contribution < -0.4 is 9.62 Å². The van der Waals surface area contributed by atoms with Gasteiger partial charge in [0.1, 0.15) is 12.6 Å². The van der Waals surface area contributed by atoms with E-state index in [0.29, 0.717) is 22.7 Å². The van der Waals surface area contributed by atoms with E-state index in [1.807, 2.05) is 82.3 Å². The molecule has 0 saturated heterocycles. The molecule has 7 nitrogen and oxygen atoms in total. The predicted octanol–water partition coefficient (Wildman–Crippen LogP) is 7.02. The van der Waals surface area contributed by atoms with E-state index in [9.17, 15) is 18.0 Å². The Morgan fingerprint density at radius 1 is 0.826 bits per heavy atom. The molecule has 9 heteroatoms. The van der Waals surface area contributed by atoms with Crippen LogP contribution in [-0.4, -0.2) is 43.8 Å². The van der Waals surface area contributed by atoms with Gasteiger partial charge in [-0.15, -0.1) is 0 Å². The molecule has 4 aromatic rings. The minimum absolute atomic E-state index is 0.0563. The van der Waals surface area contributed by atoms with Crippen molar-refractivity contribution >= 4 is 39.1 Å². The third kappa shape index (κ3) is 8.77. The zero-order chi connectivity index (χ0) is 33.4. The number of sulfonamides is 1. The molecule has 4 aromatic carbocycles. The number of benzene rings is 4. The van der Waals surface area contributed by atoms with E-state index in [0.717, 1.165) is 26.6 Å². The zero-order valence-electron chi connectivity index (χ0n) is 27.0. The molecule has 0 aromatic heterocycles. The summed E-state index contributed by atoms with van der Waals surface area (Å²) in [7, 11) is -4.20. The van der Waals surface area contributed by atoms with Crippen LogP contribution in [0.1, 0.15) is 48.1 Å². The third-order valence-corrected chi connectivity index (χ3v) is 10.0. The fourth-order valence-corrected chi connectivity index (χ4v) is 6.96. The summed E-state index contributed by atoms with van der Waals surface area (Å²) in [6, 6.07) is 27.7. The summed E-state index contributed by atoms with van der Waals surface area (Å²) in [5, 5.41) is 3.51. The van der Waals surface area contributed by atoms with Crippen LogP contribution in [0.4, 0.5) is 5.69 Å². The van der Waals surface area contributed by atoms with Crippen molar-refractivity contribution in [2.75, 3.05) is 10.8 Å². The second-order valence-corrected chi connectivity index (χ2v) is 14.1. The van der Waals surface area contributed by atoms with Crippen LogP contribution in [-0.2, 0) is 32.6 Å². The molecular weight excluding hydrogens is 618 g/mol. The molecule has 0 aliphatic carbocycles. The van der Waals surface area contributed by atoms with E-state index in [4.69, 9.17) is 11.6 Å². The van der Waals surface area contributed by atoms with Gasteiger partial charge in [-0.2, -0.15) is 0 Å². The standard InChI is InChI=1S/C37H42ClN3O4S/c1-6-29(5)39-37(43)35(23-30-12-8-7-9-13-30)40(24-31-14-10-11-27(3)21-31)36(42)25-41(34-20-17-32(38)22-28(34)4)46(44,45)33-18-15-26(2)16-19-33/h7-22,29,35H,6,23-25H2,1-5H3,(H,39,43)/t29-,35-/m1/s1. The fourth-order valence-electron chi connectivity index (χ4n) is 5.25. The quantitative estimate of drug-likeness (QED) is 0.167. The van der Waals surface area contributed by atoms with Crippen molar-refractivity contribution in [1.82, 2.24) is 10.2 Å². The lowest BCUT2D eigenvalue weighted by Crippen LogP contribution is -2.54. The third-order valence-electron chi connectivity index (χ3n) is 8.02. The predicted molar refractivity (Wildman–Crippen MR) is 185 cm³/mol.